The number of rotatable bonds is 11. The molecular weight excluding hydrogens is 262 g/mol. The highest BCUT2D eigenvalue weighted by atomic mass is 16.1. The molecule has 1 aliphatic carbocycles. The summed E-state index contributed by atoms with van der Waals surface area (Å²) in [6, 6.07) is 0.421. The summed E-state index contributed by atoms with van der Waals surface area (Å²) in [5.41, 5.74) is 0.0413. The fraction of sp³-hybridized carbons (Fsp3) is 0.765. The van der Waals surface area contributed by atoms with E-state index in [-0.39, 0.29) is 5.56 Å². The van der Waals surface area contributed by atoms with E-state index < -0.39 is 0 Å². The van der Waals surface area contributed by atoms with E-state index in [2.05, 4.69) is 17.2 Å². The molecule has 0 saturated heterocycles. The predicted molar refractivity (Wildman–Crippen MR) is 87.9 cm³/mol. The number of anilines is 1. The molecule has 0 amide bonds. The van der Waals surface area contributed by atoms with Gasteiger partial charge in [-0.2, -0.15) is 0 Å². The van der Waals surface area contributed by atoms with Gasteiger partial charge in [-0.3, -0.25) is 4.79 Å². The van der Waals surface area contributed by atoms with E-state index in [4.69, 9.17) is 0 Å². The zero-order valence-corrected chi connectivity index (χ0v) is 13.3. The van der Waals surface area contributed by atoms with E-state index in [0.29, 0.717) is 11.9 Å². The third kappa shape index (κ3) is 5.52. The van der Waals surface area contributed by atoms with Crippen LogP contribution in [0.3, 0.4) is 0 Å². The Morgan fingerprint density at radius 1 is 1.14 bits per heavy atom. The first kappa shape index (κ1) is 16.1. The van der Waals surface area contributed by atoms with Crippen LogP contribution in [-0.4, -0.2) is 16.1 Å². The Kier molecular flexibility index (Phi) is 6.77. The first-order chi connectivity index (χ1) is 10.3. The van der Waals surface area contributed by atoms with Crippen LogP contribution in [0, 0.1) is 0 Å². The summed E-state index contributed by atoms with van der Waals surface area (Å²) < 4.78 is 1.82. The normalized spacial score (nSPS) is 14.3. The van der Waals surface area contributed by atoms with Gasteiger partial charge in [0.15, 0.2) is 5.82 Å². The van der Waals surface area contributed by atoms with Crippen LogP contribution in [0.5, 0.6) is 0 Å². The first-order valence-electron chi connectivity index (χ1n) is 8.64. The van der Waals surface area contributed by atoms with Crippen molar-refractivity contribution in [1.82, 2.24) is 9.55 Å². The summed E-state index contributed by atoms with van der Waals surface area (Å²) in [6.07, 6.45) is 16.2. The zero-order valence-electron chi connectivity index (χ0n) is 13.3. The van der Waals surface area contributed by atoms with Crippen molar-refractivity contribution in [2.75, 3.05) is 11.9 Å². The van der Waals surface area contributed by atoms with Crippen molar-refractivity contribution in [3.05, 3.63) is 22.7 Å². The number of nitrogens with one attached hydrogen (secondary N) is 1. The molecule has 1 aliphatic rings. The van der Waals surface area contributed by atoms with Gasteiger partial charge in [0.1, 0.15) is 0 Å². The van der Waals surface area contributed by atoms with Crippen molar-refractivity contribution in [1.29, 1.82) is 0 Å². The summed E-state index contributed by atoms with van der Waals surface area (Å²) in [7, 11) is 0. The van der Waals surface area contributed by atoms with Crippen molar-refractivity contribution < 1.29 is 0 Å². The van der Waals surface area contributed by atoms with Crippen molar-refractivity contribution in [2.24, 2.45) is 0 Å². The van der Waals surface area contributed by atoms with E-state index in [1.807, 2.05) is 10.8 Å². The maximum absolute atomic E-state index is 12.2. The van der Waals surface area contributed by atoms with Gasteiger partial charge >= 0.3 is 0 Å². The van der Waals surface area contributed by atoms with E-state index in [9.17, 15) is 4.79 Å². The van der Waals surface area contributed by atoms with Gasteiger partial charge in [0.25, 0.3) is 5.56 Å². The van der Waals surface area contributed by atoms with Crippen LogP contribution in [0.25, 0.3) is 0 Å². The average molecular weight is 291 g/mol. The third-order valence-corrected chi connectivity index (χ3v) is 4.13. The van der Waals surface area contributed by atoms with Crippen molar-refractivity contribution >= 4 is 5.82 Å². The van der Waals surface area contributed by atoms with Gasteiger partial charge in [-0.15, -0.1) is 0 Å². The van der Waals surface area contributed by atoms with Crippen molar-refractivity contribution in [3.8, 4) is 0 Å². The molecule has 1 aromatic rings. The van der Waals surface area contributed by atoms with E-state index in [1.54, 1.807) is 6.20 Å². The molecule has 0 aromatic carbocycles. The van der Waals surface area contributed by atoms with Crippen LogP contribution in [-0.2, 0) is 0 Å². The minimum Gasteiger partial charge on any atom is -0.365 e. The van der Waals surface area contributed by atoms with Crippen LogP contribution in [0.1, 0.15) is 77.2 Å². The molecule has 118 valence electrons. The Labute approximate surface area is 128 Å². The van der Waals surface area contributed by atoms with Gasteiger partial charge in [-0.1, -0.05) is 51.9 Å². The number of aromatic nitrogens is 2. The highest BCUT2D eigenvalue weighted by molar-refractivity contribution is 5.30. The Balaban J connectivity index is 1.59. The maximum atomic E-state index is 12.2. The molecule has 21 heavy (non-hydrogen) atoms. The lowest BCUT2D eigenvalue weighted by molar-refractivity contribution is 0.580. The minimum absolute atomic E-state index is 0.0413. The minimum atomic E-state index is 0.0413. The van der Waals surface area contributed by atoms with Gasteiger partial charge in [0.05, 0.1) is 0 Å². The number of hydrogen-bond acceptors (Lipinski definition) is 3. The standard InChI is InChI=1S/C17H29N3O/c1-2-3-4-5-6-7-8-9-12-18-16-17(21)20(14-13-19-16)15-10-11-15/h13-15H,2-12H2,1H3,(H,18,19). The van der Waals surface area contributed by atoms with Crippen LogP contribution >= 0.6 is 0 Å². The van der Waals surface area contributed by atoms with E-state index in [1.165, 1.54) is 44.9 Å². The van der Waals surface area contributed by atoms with Gasteiger partial charge < -0.3 is 9.88 Å². The molecule has 2 rings (SSSR count). The van der Waals surface area contributed by atoms with E-state index >= 15 is 0 Å². The van der Waals surface area contributed by atoms with Gasteiger partial charge in [0.2, 0.25) is 0 Å². The SMILES string of the molecule is CCCCCCCCCCNc1nccn(C2CC2)c1=O. The fourth-order valence-corrected chi connectivity index (χ4v) is 2.65. The highest BCUT2D eigenvalue weighted by Gasteiger charge is 2.25. The summed E-state index contributed by atoms with van der Waals surface area (Å²) >= 11 is 0. The topological polar surface area (TPSA) is 46.9 Å². The monoisotopic (exact) mass is 291 g/mol. The molecule has 1 fully saturated rings. The summed E-state index contributed by atoms with van der Waals surface area (Å²) in [5, 5.41) is 3.20. The first-order valence-corrected chi connectivity index (χ1v) is 8.64. The molecule has 1 heterocycles. The molecule has 1 N–H and O–H groups in total. The van der Waals surface area contributed by atoms with Crippen LogP contribution in [0.4, 0.5) is 5.82 Å². The zero-order chi connectivity index (χ0) is 14.9. The Morgan fingerprint density at radius 3 is 2.48 bits per heavy atom. The van der Waals surface area contributed by atoms with Crippen LogP contribution in [0.15, 0.2) is 17.2 Å². The second kappa shape index (κ2) is 8.85. The molecule has 4 nitrogen and oxygen atoms in total. The lowest BCUT2D eigenvalue weighted by Gasteiger charge is -2.08. The Hall–Kier alpha value is -1.32. The summed E-state index contributed by atoms with van der Waals surface area (Å²) in [4.78, 5) is 16.3. The smallest absolute Gasteiger partial charge is 0.293 e. The molecule has 1 aromatic heterocycles. The third-order valence-electron chi connectivity index (χ3n) is 4.13. The molecule has 0 radical (unpaired) electrons. The Bertz CT molecular complexity index is 465. The van der Waals surface area contributed by atoms with Crippen molar-refractivity contribution in [3.63, 3.8) is 0 Å². The van der Waals surface area contributed by atoms with Gasteiger partial charge in [0, 0.05) is 25.0 Å². The quantitative estimate of drug-likeness (QED) is 0.624. The molecule has 0 spiro atoms. The molecule has 0 atom stereocenters. The molecule has 0 aliphatic heterocycles. The molecule has 0 unspecified atom stereocenters. The predicted octanol–water partition coefficient (Wildman–Crippen LogP) is 4.13. The maximum Gasteiger partial charge on any atom is 0.293 e. The average Bonchev–Trinajstić information content (AvgIpc) is 3.32. The van der Waals surface area contributed by atoms with Gasteiger partial charge in [-0.25, -0.2) is 4.98 Å². The summed E-state index contributed by atoms with van der Waals surface area (Å²) in [6.45, 7) is 3.10. The fourth-order valence-electron chi connectivity index (χ4n) is 2.65. The molecular formula is C17H29N3O. The van der Waals surface area contributed by atoms with E-state index in [0.717, 1.165) is 25.8 Å². The Morgan fingerprint density at radius 2 is 1.81 bits per heavy atom. The second-order valence-corrected chi connectivity index (χ2v) is 6.12. The number of unbranched alkanes of at least 4 members (excludes halogenated alkanes) is 7. The second-order valence-electron chi connectivity index (χ2n) is 6.12. The number of hydrogen-bond donors (Lipinski definition) is 1. The molecule has 4 heteroatoms. The highest BCUT2D eigenvalue weighted by Crippen LogP contribution is 2.33. The van der Waals surface area contributed by atoms with Crippen LogP contribution in [0.2, 0.25) is 0 Å². The lowest BCUT2D eigenvalue weighted by atomic mass is 10.1. The van der Waals surface area contributed by atoms with Crippen LogP contribution < -0.4 is 10.9 Å². The number of nitrogens with zero attached hydrogens (tertiary/aromatic N) is 2. The van der Waals surface area contributed by atoms with Gasteiger partial charge in [-0.05, 0) is 19.3 Å². The lowest BCUT2D eigenvalue weighted by Crippen LogP contribution is -2.24. The van der Waals surface area contributed by atoms with Crippen molar-refractivity contribution in [2.45, 2.75) is 77.2 Å². The summed E-state index contributed by atoms with van der Waals surface area (Å²) in [5.74, 6) is 0.521. The largest absolute Gasteiger partial charge is 0.365 e. The molecule has 1 saturated carbocycles. The molecule has 0 bridgehead atoms.